The second-order valence-corrected chi connectivity index (χ2v) is 12.5. The van der Waals surface area contributed by atoms with Crippen LogP contribution in [0.1, 0.15) is 98.8 Å². The second-order valence-electron chi connectivity index (χ2n) is 12.5. The van der Waals surface area contributed by atoms with Crippen LogP contribution in [0.3, 0.4) is 0 Å². The van der Waals surface area contributed by atoms with Gasteiger partial charge in [0.05, 0.1) is 17.8 Å². The molecule has 9 atom stereocenters. The average Bonchev–Trinajstić information content (AvgIpc) is 3.04. The Labute approximate surface area is 184 Å². The second kappa shape index (κ2) is 7.89. The number of aliphatic hydroxyl groups excluding tert-OH is 2. The summed E-state index contributed by atoms with van der Waals surface area (Å²) in [5, 5.41) is 32.7. The minimum atomic E-state index is -1.00. The fraction of sp³-hybridized carbons (Fsp3) is 0.926. The van der Waals surface area contributed by atoms with Gasteiger partial charge in [0.25, 0.3) is 0 Å². The summed E-state index contributed by atoms with van der Waals surface area (Å²) < 4.78 is 0. The summed E-state index contributed by atoms with van der Waals surface area (Å²) in [6, 6.07) is 0. The Kier molecular flexibility index (Phi) is 5.99. The lowest BCUT2D eigenvalue weighted by Crippen LogP contribution is -2.55. The predicted molar refractivity (Wildman–Crippen MR) is 122 cm³/mol. The quantitative estimate of drug-likeness (QED) is 0.519. The lowest BCUT2D eigenvalue weighted by molar-refractivity contribution is -0.151. The molecule has 0 spiro atoms. The molecule has 0 heterocycles. The van der Waals surface area contributed by atoms with E-state index in [1.54, 1.807) is 0 Å². The van der Waals surface area contributed by atoms with Crippen molar-refractivity contribution in [1.82, 2.24) is 0 Å². The highest BCUT2D eigenvalue weighted by Gasteiger charge is 2.62. The zero-order valence-electron chi connectivity index (χ0n) is 20.0. The Hall–Kier alpha value is -0.380. The molecule has 3 nitrogen and oxygen atoms in total. The zero-order valence-corrected chi connectivity index (χ0v) is 20.0. The van der Waals surface area contributed by atoms with Gasteiger partial charge in [-0.3, -0.25) is 0 Å². The van der Waals surface area contributed by atoms with E-state index in [9.17, 15) is 15.3 Å². The number of fused-ring (bicyclic) bond motifs is 5. The molecule has 0 saturated heterocycles. The van der Waals surface area contributed by atoms with E-state index in [0.29, 0.717) is 24.2 Å². The Morgan fingerprint density at radius 3 is 2.50 bits per heavy atom. The minimum Gasteiger partial charge on any atom is -0.393 e. The number of allylic oxidation sites excluding steroid dienone is 1. The van der Waals surface area contributed by atoms with Crippen LogP contribution in [0, 0.1) is 40.4 Å². The third kappa shape index (κ3) is 3.52. The van der Waals surface area contributed by atoms with Gasteiger partial charge in [-0.25, -0.2) is 0 Å². The van der Waals surface area contributed by atoms with E-state index in [4.69, 9.17) is 0 Å². The van der Waals surface area contributed by atoms with Crippen LogP contribution >= 0.6 is 0 Å². The molecule has 172 valence electrons. The molecule has 0 unspecified atom stereocenters. The Morgan fingerprint density at radius 1 is 1.07 bits per heavy atom. The highest BCUT2D eigenvalue weighted by Crippen LogP contribution is 2.67. The van der Waals surface area contributed by atoms with Gasteiger partial charge in [0, 0.05) is 0 Å². The molecular formula is C27H46O3. The van der Waals surface area contributed by atoms with Crippen molar-refractivity contribution in [3.8, 4) is 0 Å². The molecule has 3 saturated carbocycles. The van der Waals surface area contributed by atoms with Crippen LogP contribution in [-0.2, 0) is 0 Å². The molecule has 3 fully saturated rings. The van der Waals surface area contributed by atoms with Crippen molar-refractivity contribution in [3.05, 3.63) is 11.6 Å². The number of hydrogen-bond donors (Lipinski definition) is 3. The normalized spacial score (nSPS) is 46.4. The van der Waals surface area contributed by atoms with Gasteiger partial charge in [0.2, 0.25) is 0 Å². The van der Waals surface area contributed by atoms with Crippen molar-refractivity contribution in [2.75, 3.05) is 0 Å². The summed E-state index contributed by atoms with van der Waals surface area (Å²) >= 11 is 0. The molecule has 30 heavy (non-hydrogen) atoms. The summed E-state index contributed by atoms with van der Waals surface area (Å²) in [5.74, 6) is 2.80. The first-order valence-electron chi connectivity index (χ1n) is 12.8. The van der Waals surface area contributed by atoms with E-state index in [1.165, 1.54) is 24.8 Å². The van der Waals surface area contributed by atoms with Gasteiger partial charge < -0.3 is 15.3 Å². The highest BCUT2D eigenvalue weighted by molar-refractivity contribution is 5.25. The summed E-state index contributed by atoms with van der Waals surface area (Å²) in [6.07, 6.45) is 12.1. The Balaban J connectivity index is 1.55. The summed E-state index contributed by atoms with van der Waals surface area (Å²) in [4.78, 5) is 0. The molecule has 4 rings (SSSR count). The van der Waals surface area contributed by atoms with E-state index in [-0.39, 0.29) is 22.9 Å². The van der Waals surface area contributed by atoms with Crippen LogP contribution in [-0.4, -0.2) is 33.1 Å². The van der Waals surface area contributed by atoms with E-state index < -0.39 is 11.7 Å². The van der Waals surface area contributed by atoms with Crippen molar-refractivity contribution < 1.29 is 15.3 Å². The molecule has 0 aromatic heterocycles. The topological polar surface area (TPSA) is 60.7 Å². The van der Waals surface area contributed by atoms with Crippen molar-refractivity contribution in [3.63, 3.8) is 0 Å². The monoisotopic (exact) mass is 418 g/mol. The van der Waals surface area contributed by atoms with Crippen molar-refractivity contribution in [1.29, 1.82) is 0 Å². The maximum atomic E-state index is 11.6. The van der Waals surface area contributed by atoms with Gasteiger partial charge in [-0.2, -0.15) is 0 Å². The van der Waals surface area contributed by atoms with E-state index in [1.807, 2.05) is 6.92 Å². The van der Waals surface area contributed by atoms with Crippen molar-refractivity contribution in [2.45, 2.75) is 117 Å². The summed E-state index contributed by atoms with van der Waals surface area (Å²) in [5.41, 5.74) is 0.914. The number of rotatable bonds is 5. The minimum absolute atomic E-state index is 0.124. The van der Waals surface area contributed by atoms with Crippen molar-refractivity contribution in [2.24, 2.45) is 40.4 Å². The molecule has 0 aliphatic heterocycles. The first-order valence-corrected chi connectivity index (χ1v) is 12.8. The van der Waals surface area contributed by atoms with Crippen LogP contribution in [0.15, 0.2) is 11.6 Å². The molecule has 0 amide bonds. The molecule has 3 heteroatoms. The first kappa shape index (κ1) is 22.8. The van der Waals surface area contributed by atoms with Gasteiger partial charge in [-0.05, 0) is 112 Å². The van der Waals surface area contributed by atoms with Gasteiger partial charge in [0.15, 0.2) is 0 Å². The fourth-order valence-corrected chi connectivity index (χ4v) is 8.62. The largest absolute Gasteiger partial charge is 0.393 e. The van der Waals surface area contributed by atoms with Crippen LogP contribution in [0.5, 0.6) is 0 Å². The summed E-state index contributed by atoms with van der Waals surface area (Å²) in [7, 11) is 0. The zero-order chi connectivity index (χ0) is 21.9. The Morgan fingerprint density at radius 2 is 1.80 bits per heavy atom. The third-order valence-electron chi connectivity index (χ3n) is 10.5. The SMILES string of the molecule is CC(C)CC[C@@H](O)[C@](C)(O)[C@H]1CC[C@H]2[C@@H]3CC=C4C[C@@H](O)CC[C@]4(C)[C@H]3CC[C@]12C. The Bertz CT molecular complexity index is 667. The molecule has 0 aromatic carbocycles. The summed E-state index contributed by atoms with van der Waals surface area (Å²) in [6.45, 7) is 11.2. The lowest BCUT2D eigenvalue weighted by atomic mass is 9.46. The number of hydrogen-bond acceptors (Lipinski definition) is 3. The standard InChI is InChI=1S/C27H46O3/c1-17(2)6-11-24(29)27(5,30)23-10-9-21-20-8-7-18-16-19(28)12-14-25(18,3)22(20)13-15-26(21,23)4/h7,17,19-24,28-30H,6,8-16H2,1-5H3/t19-,20-,21-,22-,23-,24+,25-,26-,27+/m0/s1. The highest BCUT2D eigenvalue weighted by atomic mass is 16.3. The van der Waals surface area contributed by atoms with Crippen molar-refractivity contribution >= 4 is 0 Å². The maximum absolute atomic E-state index is 11.6. The molecule has 4 aliphatic carbocycles. The lowest BCUT2D eigenvalue weighted by Gasteiger charge is -2.59. The molecule has 0 radical (unpaired) electrons. The van der Waals surface area contributed by atoms with E-state index in [0.717, 1.165) is 44.4 Å². The molecular weight excluding hydrogens is 372 g/mol. The van der Waals surface area contributed by atoms with Crippen LogP contribution in [0.25, 0.3) is 0 Å². The predicted octanol–water partition coefficient (Wildman–Crippen LogP) is 5.47. The maximum Gasteiger partial charge on any atom is 0.0910 e. The van der Waals surface area contributed by atoms with Crippen LogP contribution in [0.4, 0.5) is 0 Å². The van der Waals surface area contributed by atoms with Gasteiger partial charge >= 0.3 is 0 Å². The molecule has 3 N–H and O–H groups in total. The van der Waals surface area contributed by atoms with Crippen LogP contribution < -0.4 is 0 Å². The third-order valence-corrected chi connectivity index (χ3v) is 10.5. The van der Waals surface area contributed by atoms with E-state index in [2.05, 4.69) is 33.8 Å². The first-order chi connectivity index (χ1) is 14.0. The van der Waals surface area contributed by atoms with E-state index >= 15 is 0 Å². The molecule has 4 aliphatic rings. The number of aliphatic hydroxyl groups is 3. The van der Waals surface area contributed by atoms with Gasteiger partial charge in [-0.1, -0.05) is 39.3 Å². The smallest absolute Gasteiger partial charge is 0.0910 e. The van der Waals surface area contributed by atoms with Gasteiger partial charge in [-0.15, -0.1) is 0 Å². The van der Waals surface area contributed by atoms with Gasteiger partial charge in [0.1, 0.15) is 0 Å². The molecule has 0 aromatic rings. The molecule has 0 bridgehead atoms. The average molecular weight is 419 g/mol. The van der Waals surface area contributed by atoms with Crippen LogP contribution in [0.2, 0.25) is 0 Å². The fourth-order valence-electron chi connectivity index (χ4n) is 8.62.